The van der Waals surface area contributed by atoms with Gasteiger partial charge in [0.25, 0.3) is 0 Å². The normalized spacial score (nSPS) is 15.5. The van der Waals surface area contributed by atoms with E-state index < -0.39 is 11.9 Å². The van der Waals surface area contributed by atoms with Crippen molar-refractivity contribution in [1.82, 2.24) is 14.5 Å². The minimum absolute atomic E-state index is 0.0688. The first-order valence-electron chi connectivity index (χ1n) is 6.05. The Morgan fingerprint density at radius 2 is 2.05 bits per heavy atom. The van der Waals surface area contributed by atoms with E-state index >= 15 is 0 Å². The van der Waals surface area contributed by atoms with E-state index in [1.54, 1.807) is 15.8 Å². The van der Waals surface area contributed by atoms with Crippen molar-refractivity contribution in [2.45, 2.75) is 6.54 Å². The number of carboxylic acid groups (broad SMARTS) is 1. The lowest BCUT2D eigenvalue weighted by atomic mass is 10.0. The molecule has 1 amide bonds. The number of para-hydroxylation sites is 2. The summed E-state index contributed by atoms with van der Waals surface area (Å²) in [5, 5.41) is 8.78. The van der Waals surface area contributed by atoms with E-state index in [2.05, 4.69) is 4.98 Å². The highest BCUT2D eigenvalue weighted by Gasteiger charge is 2.35. The largest absolute Gasteiger partial charge is 0.481 e. The Morgan fingerprint density at radius 1 is 1.32 bits per heavy atom. The van der Waals surface area contributed by atoms with Crippen LogP contribution in [-0.2, 0) is 16.1 Å². The molecule has 1 aromatic heterocycles. The topological polar surface area (TPSA) is 75.4 Å². The van der Waals surface area contributed by atoms with Crippen LogP contribution >= 0.6 is 0 Å². The molecule has 0 radical (unpaired) electrons. The van der Waals surface area contributed by atoms with Gasteiger partial charge >= 0.3 is 5.97 Å². The molecule has 1 aliphatic rings. The maximum absolute atomic E-state index is 12.0. The lowest BCUT2D eigenvalue weighted by Gasteiger charge is -2.36. The number of carbonyl (C=O) groups is 2. The third-order valence-corrected chi connectivity index (χ3v) is 3.42. The quantitative estimate of drug-likeness (QED) is 0.874. The number of aromatic nitrogens is 2. The molecule has 1 N–H and O–H groups in total. The molecular weight excluding hydrogens is 246 g/mol. The molecule has 1 fully saturated rings. The Balaban J connectivity index is 1.69. The summed E-state index contributed by atoms with van der Waals surface area (Å²) in [4.78, 5) is 28.5. The molecule has 19 heavy (non-hydrogen) atoms. The summed E-state index contributed by atoms with van der Waals surface area (Å²) < 4.78 is 1.78. The SMILES string of the molecule is O=C(O)C1CN(C(=O)Cn2cnc3ccccc32)C1. The summed E-state index contributed by atoms with van der Waals surface area (Å²) in [5.74, 6) is -1.32. The van der Waals surface area contributed by atoms with Crippen molar-refractivity contribution >= 4 is 22.9 Å². The van der Waals surface area contributed by atoms with E-state index in [-0.39, 0.29) is 12.5 Å². The number of aliphatic carboxylic acids is 1. The zero-order valence-corrected chi connectivity index (χ0v) is 10.2. The van der Waals surface area contributed by atoms with Gasteiger partial charge in [0, 0.05) is 13.1 Å². The number of fused-ring (bicyclic) bond motifs is 1. The van der Waals surface area contributed by atoms with Crippen LogP contribution in [0.1, 0.15) is 0 Å². The van der Waals surface area contributed by atoms with Crippen molar-refractivity contribution in [3.63, 3.8) is 0 Å². The van der Waals surface area contributed by atoms with E-state index in [1.165, 1.54) is 0 Å². The first-order valence-corrected chi connectivity index (χ1v) is 6.05. The summed E-state index contributed by atoms with van der Waals surface area (Å²) >= 11 is 0. The predicted octanol–water partition coefficient (Wildman–Crippen LogP) is 0.579. The number of amides is 1. The van der Waals surface area contributed by atoms with Gasteiger partial charge < -0.3 is 14.6 Å². The Bertz CT molecular complexity index is 643. The summed E-state index contributed by atoms with van der Waals surface area (Å²) in [6.45, 7) is 0.814. The third-order valence-electron chi connectivity index (χ3n) is 3.42. The van der Waals surface area contributed by atoms with Crippen molar-refractivity contribution in [3.8, 4) is 0 Å². The van der Waals surface area contributed by atoms with Gasteiger partial charge in [0.15, 0.2) is 0 Å². The van der Waals surface area contributed by atoms with Crippen LogP contribution in [-0.4, -0.2) is 44.5 Å². The van der Waals surface area contributed by atoms with Gasteiger partial charge in [0.1, 0.15) is 6.54 Å². The maximum Gasteiger partial charge on any atom is 0.310 e. The fourth-order valence-corrected chi connectivity index (χ4v) is 2.22. The van der Waals surface area contributed by atoms with Crippen LogP contribution in [0.25, 0.3) is 11.0 Å². The summed E-state index contributed by atoms with van der Waals surface area (Å²) in [7, 11) is 0. The van der Waals surface area contributed by atoms with Crippen molar-refractivity contribution in [2.75, 3.05) is 13.1 Å². The fourth-order valence-electron chi connectivity index (χ4n) is 2.22. The minimum Gasteiger partial charge on any atom is -0.481 e. The van der Waals surface area contributed by atoms with Crippen LogP contribution in [0, 0.1) is 5.92 Å². The Hall–Kier alpha value is -2.37. The van der Waals surface area contributed by atoms with Crippen LogP contribution < -0.4 is 0 Å². The Morgan fingerprint density at radius 3 is 2.79 bits per heavy atom. The van der Waals surface area contributed by atoms with Gasteiger partial charge in [-0.1, -0.05) is 12.1 Å². The molecule has 0 unspecified atom stereocenters. The van der Waals surface area contributed by atoms with Crippen LogP contribution in [0.3, 0.4) is 0 Å². The van der Waals surface area contributed by atoms with Crippen LogP contribution in [0.15, 0.2) is 30.6 Å². The molecule has 6 nitrogen and oxygen atoms in total. The van der Waals surface area contributed by atoms with Gasteiger partial charge in [-0.15, -0.1) is 0 Å². The molecule has 0 atom stereocenters. The third kappa shape index (κ3) is 2.05. The highest BCUT2D eigenvalue weighted by Crippen LogP contribution is 2.17. The van der Waals surface area contributed by atoms with E-state index in [1.807, 2.05) is 24.3 Å². The second kappa shape index (κ2) is 4.38. The molecule has 3 rings (SSSR count). The Kier molecular flexibility index (Phi) is 2.70. The number of rotatable bonds is 3. The molecule has 98 valence electrons. The number of likely N-dealkylation sites (tertiary alicyclic amines) is 1. The van der Waals surface area contributed by atoms with Gasteiger partial charge in [-0.3, -0.25) is 9.59 Å². The summed E-state index contributed by atoms with van der Waals surface area (Å²) in [5.41, 5.74) is 1.76. The van der Waals surface area contributed by atoms with Gasteiger partial charge in [0.2, 0.25) is 5.91 Å². The number of carboxylic acids is 1. The second-order valence-corrected chi connectivity index (χ2v) is 4.70. The molecule has 1 aromatic carbocycles. The molecule has 2 aromatic rings. The van der Waals surface area contributed by atoms with Crippen LogP contribution in [0.2, 0.25) is 0 Å². The van der Waals surface area contributed by atoms with Crippen molar-refractivity contribution in [2.24, 2.45) is 5.92 Å². The maximum atomic E-state index is 12.0. The number of benzene rings is 1. The Labute approximate surface area is 109 Å². The zero-order valence-electron chi connectivity index (χ0n) is 10.2. The standard InChI is InChI=1S/C13H13N3O3/c17-12(15-5-9(6-15)13(18)19)7-16-8-14-10-3-1-2-4-11(10)16/h1-4,8-9H,5-7H2,(H,18,19). The number of nitrogens with zero attached hydrogens (tertiary/aromatic N) is 3. The molecule has 1 aliphatic heterocycles. The number of hydrogen-bond acceptors (Lipinski definition) is 3. The van der Waals surface area contributed by atoms with Gasteiger partial charge in [-0.25, -0.2) is 4.98 Å². The van der Waals surface area contributed by atoms with Crippen molar-refractivity contribution in [3.05, 3.63) is 30.6 Å². The highest BCUT2D eigenvalue weighted by molar-refractivity contribution is 5.83. The van der Waals surface area contributed by atoms with E-state index in [0.29, 0.717) is 13.1 Å². The van der Waals surface area contributed by atoms with Crippen molar-refractivity contribution in [1.29, 1.82) is 0 Å². The van der Waals surface area contributed by atoms with Crippen LogP contribution in [0.5, 0.6) is 0 Å². The smallest absolute Gasteiger partial charge is 0.310 e. The molecule has 0 spiro atoms. The van der Waals surface area contributed by atoms with Gasteiger partial charge in [-0.05, 0) is 12.1 Å². The number of hydrogen-bond donors (Lipinski definition) is 1. The molecule has 1 saturated heterocycles. The number of carbonyl (C=O) groups excluding carboxylic acids is 1. The number of imidazole rings is 1. The first-order chi connectivity index (χ1) is 9.15. The van der Waals surface area contributed by atoms with E-state index in [0.717, 1.165) is 11.0 Å². The summed E-state index contributed by atoms with van der Waals surface area (Å²) in [6.07, 6.45) is 1.64. The average molecular weight is 259 g/mol. The zero-order chi connectivity index (χ0) is 13.4. The van der Waals surface area contributed by atoms with Gasteiger partial charge in [0.05, 0.1) is 23.3 Å². The van der Waals surface area contributed by atoms with Crippen molar-refractivity contribution < 1.29 is 14.7 Å². The molecule has 6 heteroatoms. The highest BCUT2D eigenvalue weighted by atomic mass is 16.4. The minimum atomic E-state index is -0.836. The van der Waals surface area contributed by atoms with Crippen LogP contribution in [0.4, 0.5) is 0 Å². The predicted molar refractivity (Wildman–Crippen MR) is 67.4 cm³/mol. The molecule has 0 aliphatic carbocycles. The molecule has 0 saturated carbocycles. The van der Waals surface area contributed by atoms with Gasteiger partial charge in [-0.2, -0.15) is 0 Å². The van der Waals surface area contributed by atoms with E-state index in [9.17, 15) is 9.59 Å². The average Bonchev–Trinajstić information content (AvgIpc) is 2.70. The lowest BCUT2D eigenvalue weighted by Crippen LogP contribution is -2.53. The fraction of sp³-hybridized carbons (Fsp3) is 0.308. The summed E-state index contributed by atoms with van der Waals surface area (Å²) in [6, 6.07) is 7.59. The lowest BCUT2D eigenvalue weighted by molar-refractivity contribution is -0.152. The monoisotopic (exact) mass is 259 g/mol. The van der Waals surface area contributed by atoms with E-state index in [4.69, 9.17) is 5.11 Å². The first kappa shape index (κ1) is 11.7. The molecule has 2 heterocycles. The molecular formula is C13H13N3O3. The second-order valence-electron chi connectivity index (χ2n) is 4.70. The molecule has 0 bridgehead atoms.